The second-order valence-corrected chi connectivity index (χ2v) is 11.3. The summed E-state index contributed by atoms with van der Waals surface area (Å²) >= 11 is 1.53. The molecule has 13 heteroatoms. The van der Waals surface area contributed by atoms with E-state index >= 15 is 0 Å². The number of hydrogen-bond acceptors (Lipinski definition) is 6. The molecule has 0 saturated carbocycles. The summed E-state index contributed by atoms with van der Waals surface area (Å²) in [7, 11) is 0. The van der Waals surface area contributed by atoms with E-state index in [0.29, 0.717) is 33.9 Å². The van der Waals surface area contributed by atoms with Crippen LogP contribution in [0.25, 0.3) is 17.1 Å². The highest BCUT2D eigenvalue weighted by Gasteiger charge is 2.33. The van der Waals surface area contributed by atoms with Crippen LogP contribution in [0.3, 0.4) is 0 Å². The highest BCUT2D eigenvalue weighted by atomic mass is 32.2. The molecule has 44 heavy (non-hydrogen) atoms. The van der Waals surface area contributed by atoms with E-state index in [2.05, 4.69) is 61.2 Å². The van der Waals surface area contributed by atoms with Gasteiger partial charge in [0.1, 0.15) is 17.8 Å². The predicted molar refractivity (Wildman–Crippen MR) is 162 cm³/mol. The van der Waals surface area contributed by atoms with Crippen LogP contribution in [0.1, 0.15) is 30.9 Å². The molecule has 2 aliphatic rings. The lowest BCUT2D eigenvalue weighted by Gasteiger charge is -2.30. The second-order valence-electron chi connectivity index (χ2n) is 10.3. The number of urea groups is 1. The fraction of sp³-hybridized carbons (Fsp3) is 0.226. The number of aliphatic imine (C=N–C) groups is 1. The van der Waals surface area contributed by atoms with Crippen LogP contribution in [0, 0.1) is 6.92 Å². The summed E-state index contributed by atoms with van der Waals surface area (Å²) in [6.07, 6.45) is -1.74. The van der Waals surface area contributed by atoms with Gasteiger partial charge in [-0.1, -0.05) is 36.9 Å². The number of ether oxygens (including phenoxy) is 2. The SMILES string of the molecule is Cc1ccc2c(c1)N1C(=CC2C)CSC1=NC(=O)NC(C)Oc1ccc(-c2ncn(-c3ccc(OC(F)(F)F)cc3)n2)cc1. The average Bonchev–Trinajstić information content (AvgIpc) is 3.61. The third-order valence-corrected chi connectivity index (χ3v) is 7.94. The van der Waals surface area contributed by atoms with Crippen molar-refractivity contribution in [3.8, 4) is 28.6 Å². The zero-order valence-corrected chi connectivity index (χ0v) is 24.7. The first-order chi connectivity index (χ1) is 21.0. The largest absolute Gasteiger partial charge is 0.573 e. The fourth-order valence-corrected chi connectivity index (χ4v) is 5.99. The van der Waals surface area contributed by atoms with Gasteiger partial charge in [0.2, 0.25) is 0 Å². The molecule has 3 heterocycles. The molecule has 1 fully saturated rings. The summed E-state index contributed by atoms with van der Waals surface area (Å²) in [6.45, 7) is 5.93. The number of aromatic nitrogens is 3. The Kier molecular flexibility index (Phi) is 7.80. The number of amidine groups is 1. The Balaban J connectivity index is 1.07. The Morgan fingerprint density at radius 1 is 1.09 bits per heavy atom. The highest BCUT2D eigenvalue weighted by molar-refractivity contribution is 8.14. The van der Waals surface area contributed by atoms with Crippen molar-refractivity contribution in [3.05, 3.63) is 96.0 Å². The van der Waals surface area contributed by atoms with E-state index in [1.54, 1.807) is 31.2 Å². The Hall–Kier alpha value is -4.78. The number of halogens is 3. The minimum absolute atomic E-state index is 0.291. The third kappa shape index (κ3) is 6.42. The number of nitrogens with zero attached hydrogens (tertiary/aromatic N) is 5. The minimum atomic E-state index is -4.76. The molecule has 1 aromatic heterocycles. The van der Waals surface area contributed by atoms with Gasteiger partial charge in [-0.25, -0.2) is 14.5 Å². The topological polar surface area (TPSA) is 93.9 Å². The van der Waals surface area contributed by atoms with Crippen LogP contribution >= 0.6 is 11.8 Å². The number of benzene rings is 3. The Morgan fingerprint density at radius 2 is 1.82 bits per heavy atom. The summed E-state index contributed by atoms with van der Waals surface area (Å²) in [5.41, 5.74) is 5.75. The number of rotatable bonds is 6. The van der Waals surface area contributed by atoms with Gasteiger partial charge >= 0.3 is 12.4 Å². The molecule has 1 saturated heterocycles. The summed E-state index contributed by atoms with van der Waals surface area (Å²) in [4.78, 5) is 23.6. The van der Waals surface area contributed by atoms with Crippen LogP contribution < -0.4 is 19.7 Å². The third-order valence-electron chi connectivity index (χ3n) is 6.96. The van der Waals surface area contributed by atoms with Crippen LogP contribution in [0.4, 0.5) is 23.7 Å². The number of allylic oxidation sites excluding steroid dienone is 1. The molecule has 9 nitrogen and oxygen atoms in total. The second kappa shape index (κ2) is 11.7. The first kappa shape index (κ1) is 29.3. The molecule has 2 unspecified atom stereocenters. The summed E-state index contributed by atoms with van der Waals surface area (Å²) in [5.74, 6) is 1.65. The van der Waals surface area contributed by atoms with Crippen molar-refractivity contribution in [2.45, 2.75) is 39.3 Å². The summed E-state index contributed by atoms with van der Waals surface area (Å²) in [6, 6.07) is 18.2. The van der Waals surface area contributed by atoms with Crippen molar-refractivity contribution < 1.29 is 27.4 Å². The molecule has 0 radical (unpaired) electrons. The van der Waals surface area contributed by atoms with E-state index in [1.807, 2.05) is 6.92 Å². The van der Waals surface area contributed by atoms with Crippen molar-refractivity contribution >= 4 is 28.6 Å². The monoisotopic (exact) mass is 620 g/mol. The smallest absolute Gasteiger partial charge is 0.471 e. The first-order valence-electron chi connectivity index (χ1n) is 13.7. The Bertz CT molecular complexity index is 1750. The van der Waals surface area contributed by atoms with Gasteiger partial charge in [0, 0.05) is 22.9 Å². The van der Waals surface area contributed by atoms with E-state index in [9.17, 15) is 18.0 Å². The van der Waals surface area contributed by atoms with Crippen LogP contribution in [-0.4, -0.2) is 44.3 Å². The van der Waals surface area contributed by atoms with Crippen molar-refractivity contribution in [1.29, 1.82) is 0 Å². The summed E-state index contributed by atoms with van der Waals surface area (Å²) < 4.78 is 48.5. The normalized spacial score (nSPS) is 17.5. The molecule has 6 rings (SSSR count). The van der Waals surface area contributed by atoms with Crippen LogP contribution in [0.5, 0.6) is 11.5 Å². The molecule has 2 aliphatic heterocycles. The molecule has 2 amide bonds. The van der Waals surface area contributed by atoms with Crippen molar-refractivity contribution in [1.82, 2.24) is 20.1 Å². The molecule has 3 aromatic carbocycles. The van der Waals surface area contributed by atoms with Gasteiger partial charge in [-0.3, -0.25) is 4.90 Å². The number of carbonyl (C=O) groups excluding carboxylic acids is 1. The van der Waals surface area contributed by atoms with E-state index in [4.69, 9.17) is 4.74 Å². The number of anilines is 1. The van der Waals surface area contributed by atoms with E-state index < -0.39 is 18.6 Å². The molecule has 0 aliphatic carbocycles. The van der Waals surface area contributed by atoms with Gasteiger partial charge < -0.3 is 14.8 Å². The van der Waals surface area contributed by atoms with Crippen LogP contribution in [-0.2, 0) is 0 Å². The van der Waals surface area contributed by atoms with Gasteiger partial charge in [-0.15, -0.1) is 18.3 Å². The Morgan fingerprint density at radius 3 is 2.55 bits per heavy atom. The van der Waals surface area contributed by atoms with E-state index in [1.165, 1.54) is 52.6 Å². The van der Waals surface area contributed by atoms with Gasteiger partial charge in [0.25, 0.3) is 0 Å². The zero-order chi connectivity index (χ0) is 31.0. The van der Waals surface area contributed by atoms with Gasteiger partial charge in [-0.2, -0.15) is 4.99 Å². The number of alkyl halides is 3. The quantitative estimate of drug-likeness (QED) is 0.228. The maximum absolute atomic E-state index is 12.8. The molecule has 2 atom stereocenters. The lowest BCUT2D eigenvalue weighted by molar-refractivity contribution is -0.274. The first-order valence-corrected chi connectivity index (χ1v) is 14.7. The molecule has 1 N–H and O–H groups in total. The molecule has 4 aromatic rings. The molecule has 0 spiro atoms. The number of carbonyl (C=O) groups is 1. The predicted octanol–water partition coefficient (Wildman–Crippen LogP) is 7.19. The zero-order valence-electron chi connectivity index (χ0n) is 23.9. The van der Waals surface area contributed by atoms with Gasteiger partial charge in [-0.05, 0) is 79.6 Å². The van der Waals surface area contributed by atoms with E-state index in [-0.39, 0.29) is 5.75 Å². The number of fused-ring (bicyclic) bond motifs is 3. The van der Waals surface area contributed by atoms with Crippen LogP contribution in [0.2, 0.25) is 0 Å². The van der Waals surface area contributed by atoms with Crippen molar-refractivity contribution in [3.63, 3.8) is 0 Å². The average molecular weight is 621 g/mol. The number of nitrogens with one attached hydrogen (secondary N) is 1. The number of aryl methyl sites for hydroxylation is 1. The lowest BCUT2D eigenvalue weighted by atomic mass is 9.93. The molecular weight excluding hydrogens is 593 g/mol. The van der Waals surface area contributed by atoms with Crippen molar-refractivity contribution in [2.75, 3.05) is 10.7 Å². The summed E-state index contributed by atoms with van der Waals surface area (Å²) in [5, 5.41) is 7.80. The Labute approximate surface area is 255 Å². The number of amides is 2. The standard InChI is InChI=1S/C31H27F3N6O3S/c1-18-4-13-26-19(2)15-23-16-44-30(40(23)27(26)14-18)37-29(41)36-20(3)42-24-9-5-21(6-10-24)28-35-17-39(38-28)22-7-11-25(12-8-22)43-31(32,33)34/h4-15,17,19-20H,16H2,1-3H3,(H,36,41). The molecule has 226 valence electrons. The number of thioether (sulfide) groups is 1. The molecule has 0 bridgehead atoms. The maximum atomic E-state index is 12.8. The molecular formula is C31H27F3N6O3S. The lowest BCUT2D eigenvalue weighted by Crippen LogP contribution is -2.36. The maximum Gasteiger partial charge on any atom is 0.573 e. The van der Waals surface area contributed by atoms with Gasteiger partial charge in [0.15, 0.2) is 17.2 Å². The fourth-order valence-electron chi connectivity index (χ4n) is 4.99. The highest BCUT2D eigenvalue weighted by Crippen LogP contribution is 2.43. The number of hydrogen-bond donors (Lipinski definition) is 1. The van der Waals surface area contributed by atoms with Gasteiger partial charge in [0.05, 0.1) is 11.4 Å². The van der Waals surface area contributed by atoms with Crippen LogP contribution in [0.15, 0.2) is 89.8 Å². The minimum Gasteiger partial charge on any atom is -0.471 e. The van der Waals surface area contributed by atoms with E-state index in [0.717, 1.165) is 22.7 Å². The van der Waals surface area contributed by atoms with Crippen molar-refractivity contribution in [2.24, 2.45) is 4.99 Å².